The number of nitrogens with one attached hydrogen (secondary N) is 1. The van der Waals surface area contributed by atoms with Crippen LogP contribution in [0.15, 0.2) is 0 Å². The Morgan fingerprint density at radius 1 is 1.20 bits per heavy atom. The van der Waals surface area contributed by atoms with Crippen LogP contribution in [0.4, 0.5) is 4.79 Å². The average Bonchev–Trinajstić information content (AvgIpc) is 2.26. The predicted molar refractivity (Wildman–Crippen MR) is 71.2 cm³/mol. The molecule has 0 aliphatic heterocycles. The van der Waals surface area contributed by atoms with Crippen molar-refractivity contribution in [3.05, 3.63) is 0 Å². The molecule has 0 aromatic carbocycles. The second-order valence-electron chi connectivity index (χ2n) is 4.78. The number of hydrogen-bond donors (Lipinski definition) is 1. The molecule has 0 aliphatic rings. The Morgan fingerprint density at radius 3 is 2.25 bits per heavy atom. The highest BCUT2D eigenvalue weighted by atomic mass is 35.5. The lowest BCUT2D eigenvalue weighted by molar-refractivity contribution is -0.151. The van der Waals surface area contributed by atoms with Gasteiger partial charge in [-0.05, 0) is 27.7 Å². The number of carbonyl (C=O) groups is 3. The van der Waals surface area contributed by atoms with Crippen molar-refractivity contribution in [3.63, 3.8) is 0 Å². The van der Waals surface area contributed by atoms with E-state index in [2.05, 4.69) is 10.1 Å². The van der Waals surface area contributed by atoms with E-state index in [1.165, 1.54) is 0 Å². The first-order valence-corrected chi connectivity index (χ1v) is 6.60. The summed E-state index contributed by atoms with van der Waals surface area (Å²) in [5, 5.41) is 2.25. The Balaban J connectivity index is 4.64. The van der Waals surface area contributed by atoms with Crippen LogP contribution < -0.4 is 5.32 Å². The van der Waals surface area contributed by atoms with Crippen molar-refractivity contribution < 1.29 is 28.6 Å². The SMILES string of the molecule is CCOC(=O)C[C@H](NC(=O)OC(C)(C)C)C(=O)OCCl. The van der Waals surface area contributed by atoms with Gasteiger partial charge in [0, 0.05) is 0 Å². The lowest BCUT2D eigenvalue weighted by Gasteiger charge is -2.22. The van der Waals surface area contributed by atoms with Crippen molar-refractivity contribution in [2.45, 2.75) is 45.8 Å². The standard InChI is InChI=1S/C12H20ClNO6/c1-5-18-9(15)6-8(10(16)19-7-13)14-11(17)20-12(2,3)4/h8H,5-7H2,1-4H3,(H,14,17)/t8-/m0/s1. The Bertz CT molecular complexity index is 352. The monoisotopic (exact) mass is 309 g/mol. The summed E-state index contributed by atoms with van der Waals surface area (Å²) in [6.07, 6.45) is -1.19. The van der Waals surface area contributed by atoms with Gasteiger partial charge in [0.05, 0.1) is 13.0 Å². The zero-order valence-electron chi connectivity index (χ0n) is 12.0. The fourth-order valence-electron chi connectivity index (χ4n) is 1.18. The van der Waals surface area contributed by atoms with Gasteiger partial charge in [0.2, 0.25) is 0 Å². The molecule has 7 nitrogen and oxygen atoms in total. The molecule has 8 heteroatoms. The van der Waals surface area contributed by atoms with Crippen LogP contribution in [0.1, 0.15) is 34.1 Å². The van der Waals surface area contributed by atoms with E-state index in [4.69, 9.17) is 21.1 Å². The molecule has 116 valence electrons. The van der Waals surface area contributed by atoms with Crippen LogP contribution in [0.2, 0.25) is 0 Å². The lowest BCUT2D eigenvalue weighted by atomic mass is 10.2. The van der Waals surface area contributed by atoms with Gasteiger partial charge in [0.1, 0.15) is 11.6 Å². The molecule has 0 saturated heterocycles. The van der Waals surface area contributed by atoms with Gasteiger partial charge in [-0.1, -0.05) is 11.6 Å². The van der Waals surface area contributed by atoms with Crippen molar-refractivity contribution in [1.82, 2.24) is 5.32 Å². The second kappa shape index (κ2) is 8.63. The van der Waals surface area contributed by atoms with E-state index >= 15 is 0 Å². The Kier molecular flexibility index (Phi) is 7.98. The third-order valence-corrected chi connectivity index (χ3v) is 1.96. The minimum Gasteiger partial charge on any atom is -0.466 e. The zero-order chi connectivity index (χ0) is 15.8. The summed E-state index contributed by atoms with van der Waals surface area (Å²) in [6.45, 7) is 6.81. The first-order valence-electron chi connectivity index (χ1n) is 6.07. The maximum Gasteiger partial charge on any atom is 0.408 e. The Morgan fingerprint density at radius 2 is 1.80 bits per heavy atom. The zero-order valence-corrected chi connectivity index (χ0v) is 12.8. The normalized spacial score (nSPS) is 12.2. The number of alkyl halides is 1. The van der Waals surface area contributed by atoms with Gasteiger partial charge in [-0.2, -0.15) is 0 Å². The van der Waals surface area contributed by atoms with E-state index < -0.39 is 29.7 Å². The molecule has 0 bridgehead atoms. The van der Waals surface area contributed by atoms with E-state index in [1.807, 2.05) is 0 Å². The Labute approximate surface area is 122 Å². The average molecular weight is 310 g/mol. The van der Waals surface area contributed by atoms with Crippen LogP contribution in [0.5, 0.6) is 0 Å². The topological polar surface area (TPSA) is 90.9 Å². The van der Waals surface area contributed by atoms with Gasteiger partial charge >= 0.3 is 18.0 Å². The molecule has 0 unspecified atom stereocenters. The van der Waals surface area contributed by atoms with Crippen LogP contribution in [-0.4, -0.2) is 42.3 Å². The molecule has 0 aliphatic carbocycles. The van der Waals surface area contributed by atoms with Gasteiger partial charge in [-0.25, -0.2) is 9.59 Å². The van der Waals surface area contributed by atoms with E-state index in [0.717, 1.165) is 0 Å². The fourth-order valence-corrected chi connectivity index (χ4v) is 1.29. The van der Waals surface area contributed by atoms with Crippen LogP contribution in [-0.2, 0) is 23.8 Å². The fraction of sp³-hybridized carbons (Fsp3) is 0.750. The van der Waals surface area contributed by atoms with E-state index in [-0.39, 0.29) is 19.1 Å². The molecule has 0 heterocycles. The maximum atomic E-state index is 11.6. The number of amides is 1. The highest BCUT2D eigenvalue weighted by molar-refractivity contribution is 6.17. The van der Waals surface area contributed by atoms with Crippen LogP contribution in [0.25, 0.3) is 0 Å². The third kappa shape index (κ3) is 8.58. The quantitative estimate of drug-likeness (QED) is 0.455. The van der Waals surface area contributed by atoms with E-state index in [9.17, 15) is 14.4 Å². The van der Waals surface area contributed by atoms with Crippen LogP contribution >= 0.6 is 11.6 Å². The highest BCUT2D eigenvalue weighted by Crippen LogP contribution is 2.08. The number of hydrogen-bond acceptors (Lipinski definition) is 6. The van der Waals surface area contributed by atoms with E-state index in [0.29, 0.717) is 0 Å². The van der Waals surface area contributed by atoms with Crippen molar-refractivity contribution in [1.29, 1.82) is 0 Å². The number of esters is 2. The second-order valence-corrected chi connectivity index (χ2v) is 5.00. The minimum atomic E-state index is -1.21. The molecule has 0 spiro atoms. The number of alkyl carbamates (subject to hydrolysis) is 1. The van der Waals surface area contributed by atoms with Crippen LogP contribution in [0, 0.1) is 0 Å². The van der Waals surface area contributed by atoms with Gasteiger partial charge in [0.15, 0.2) is 6.07 Å². The van der Waals surface area contributed by atoms with Crippen molar-refractivity contribution in [2.75, 3.05) is 12.7 Å². The summed E-state index contributed by atoms with van der Waals surface area (Å²) in [4.78, 5) is 34.6. The largest absolute Gasteiger partial charge is 0.466 e. The molecule has 20 heavy (non-hydrogen) atoms. The van der Waals surface area contributed by atoms with Crippen molar-refractivity contribution in [2.24, 2.45) is 0 Å². The summed E-state index contributed by atoms with van der Waals surface area (Å²) in [5.74, 6) is -1.47. The summed E-state index contributed by atoms with van der Waals surface area (Å²) in [6, 6.07) is -1.59. The lowest BCUT2D eigenvalue weighted by Crippen LogP contribution is -2.45. The molecule has 0 radical (unpaired) electrons. The van der Waals surface area contributed by atoms with E-state index in [1.54, 1.807) is 27.7 Å². The van der Waals surface area contributed by atoms with Gasteiger partial charge in [-0.15, -0.1) is 0 Å². The number of rotatable bonds is 6. The molecule has 1 atom stereocenters. The third-order valence-electron chi connectivity index (χ3n) is 1.85. The van der Waals surface area contributed by atoms with Gasteiger partial charge in [0.25, 0.3) is 0 Å². The van der Waals surface area contributed by atoms with Crippen LogP contribution in [0.3, 0.4) is 0 Å². The summed E-state index contributed by atoms with van der Waals surface area (Å²) >= 11 is 5.28. The molecule has 1 N–H and O–H groups in total. The van der Waals surface area contributed by atoms with Crippen molar-refractivity contribution in [3.8, 4) is 0 Å². The molecular formula is C12H20ClNO6. The molecule has 0 rings (SSSR count). The van der Waals surface area contributed by atoms with Gasteiger partial charge in [-0.3, -0.25) is 4.79 Å². The molecule has 0 fully saturated rings. The summed E-state index contributed by atoms with van der Waals surface area (Å²) in [5.41, 5.74) is -0.727. The maximum absolute atomic E-state index is 11.6. The molecular weight excluding hydrogens is 290 g/mol. The predicted octanol–water partition coefficient (Wildman–Crippen LogP) is 1.57. The molecule has 0 aromatic rings. The Hall–Kier alpha value is -1.50. The molecule has 1 amide bonds. The molecule has 0 aromatic heterocycles. The number of ether oxygens (including phenoxy) is 3. The minimum absolute atomic E-state index is 0.169. The summed E-state index contributed by atoms with van der Waals surface area (Å²) in [7, 11) is 0. The summed E-state index contributed by atoms with van der Waals surface area (Å²) < 4.78 is 14.3. The number of carbonyl (C=O) groups excluding carboxylic acids is 3. The molecule has 0 saturated carbocycles. The number of halogens is 1. The first kappa shape index (κ1) is 18.5. The smallest absolute Gasteiger partial charge is 0.408 e. The van der Waals surface area contributed by atoms with Gasteiger partial charge < -0.3 is 19.5 Å². The highest BCUT2D eigenvalue weighted by Gasteiger charge is 2.28. The first-order chi connectivity index (χ1) is 9.19. The van der Waals surface area contributed by atoms with Crippen molar-refractivity contribution >= 4 is 29.6 Å².